The predicted octanol–water partition coefficient (Wildman–Crippen LogP) is -4.45. The number of carbonyl (C=O) groups excluding carboxylic acids is 8. The van der Waals surface area contributed by atoms with E-state index in [1.807, 2.05) is 0 Å². The first-order valence-electron chi connectivity index (χ1n) is 22.1. The molecule has 388 valence electrons. The SMILES string of the molecule is CC[C@H](C)[C@H](NC(=O)[C@H](CS)NC(=O)[C@@H](N)CCCN=C(N)N)C(=O)N[C@@H](CS)C(=O)NCC(=O)N[C@@H](CC(C)C)C(=O)N[C@@H](CCCN=C(N)N)C(=O)N[C@H](C(=O)N[C@@H](CS)C(=O)O)C(C)C. The van der Waals surface area contributed by atoms with Crippen LogP contribution in [-0.4, -0.2) is 155 Å². The van der Waals surface area contributed by atoms with Crippen LogP contribution < -0.4 is 71.2 Å². The maximum Gasteiger partial charge on any atom is 0.327 e. The fourth-order valence-electron chi connectivity index (χ4n) is 6.05. The van der Waals surface area contributed by atoms with Crippen LogP contribution in [0.5, 0.6) is 0 Å². The van der Waals surface area contributed by atoms with Crippen molar-refractivity contribution in [1.82, 2.24) is 42.5 Å². The van der Waals surface area contributed by atoms with E-state index in [4.69, 9.17) is 28.7 Å². The first kappa shape index (κ1) is 62.8. The molecule has 0 unspecified atom stereocenters. The van der Waals surface area contributed by atoms with Gasteiger partial charge in [-0.1, -0.05) is 48.0 Å². The average molecular weight is 1020 g/mol. The first-order valence-corrected chi connectivity index (χ1v) is 24.0. The third-order valence-corrected chi connectivity index (χ3v) is 11.2. The van der Waals surface area contributed by atoms with Crippen molar-refractivity contribution in [3.63, 3.8) is 0 Å². The van der Waals surface area contributed by atoms with Gasteiger partial charge in [0.25, 0.3) is 0 Å². The van der Waals surface area contributed by atoms with Gasteiger partial charge in [-0.05, 0) is 49.9 Å². The van der Waals surface area contributed by atoms with Crippen LogP contribution in [0.15, 0.2) is 9.98 Å². The number of hydrogen-bond donors (Lipinski definition) is 17. The third-order valence-electron chi connectivity index (χ3n) is 10.1. The van der Waals surface area contributed by atoms with Crippen LogP contribution in [0.1, 0.15) is 80.1 Å². The number of rotatable bonds is 33. The minimum atomic E-state index is -1.33. The molecule has 0 bridgehead atoms. The molecule has 0 rings (SSSR count). The molecule has 0 aliphatic rings. The summed E-state index contributed by atoms with van der Waals surface area (Å²) in [7, 11) is 0. The number of carboxylic acids is 1. The quantitative estimate of drug-likeness (QED) is 0.0128. The summed E-state index contributed by atoms with van der Waals surface area (Å²) in [6.07, 6.45) is 1.31. The summed E-state index contributed by atoms with van der Waals surface area (Å²) in [4.78, 5) is 126. The molecule has 0 heterocycles. The van der Waals surface area contributed by atoms with Gasteiger partial charge in [0, 0.05) is 30.3 Å². The van der Waals surface area contributed by atoms with Gasteiger partial charge in [0.05, 0.1) is 12.6 Å². The minimum Gasteiger partial charge on any atom is -0.480 e. The van der Waals surface area contributed by atoms with Gasteiger partial charge in [-0.15, -0.1) is 0 Å². The molecule has 0 aliphatic heterocycles. The molecule has 9 atom stereocenters. The Kier molecular flexibility index (Phi) is 30.7. The Hall–Kier alpha value is -5.22. The summed E-state index contributed by atoms with van der Waals surface area (Å²) >= 11 is 12.4. The van der Waals surface area contributed by atoms with Gasteiger partial charge in [0.15, 0.2) is 11.9 Å². The molecule has 0 saturated carbocycles. The van der Waals surface area contributed by atoms with Crippen LogP contribution in [0.4, 0.5) is 0 Å². The molecule has 0 aromatic rings. The maximum absolute atomic E-state index is 13.8. The van der Waals surface area contributed by atoms with Crippen molar-refractivity contribution in [2.75, 3.05) is 36.9 Å². The number of nitrogens with one attached hydrogen (secondary N) is 8. The lowest BCUT2D eigenvalue weighted by Gasteiger charge is -2.28. The van der Waals surface area contributed by atoms with Crippen molar-refractivity contribution in [3.8, 4) is 0 Å². The Bertz CT molecular complexity index is 1750. The van der Waals surface area contributed by atoms with Gasteiger partial charge >= 0.3 is 5.97 Å². The Morgan fingerprint density at radius 2 is 0.985 bits per heavy atom. The number of amides is 8. The topological polar surface area (TPSA) is 425 Å². The molecule has 0 aromatic carbocycles. The van der Waals surface area contributed by atoms with E-state index in [-0.39, 0.29) is 73.9 Å². The normalized spacial score (nSPS) is 15.0. The Morgan fingerprint density at radius 1 is 0.544 bits per heavy atom. The van der Waals surface area contributed by atoms with Crippen LogP contribution in [0.2, 0.25) is 0 Å². The van der Waals surface area contributed by atoms with E-state index in [1.54, 1.807) is 41.5 Å². The molecule has 19 N–H and O–H groups in total. The predicted molar refractivity (Wildman–Crippen MR) is 267 cm³/mol. The zero-order valence-electron chi connectivity index (χ0n) is 39.6. The van der Waals surface area contributed by atoms with Crippen molar-refractivity contribution in [3.05, 3.63) is 0 Å². The lowest BCUT2D eigenvalue weighted by atomic mass is 9.97. The molecule has 0 fully saturated rings. The van der Waals surface area contributed by atoms with E-state index in [0.717, 1.165) is 0 Å². The van der Waals surface area contributed by atoms with Crippen molar-refractivity contribution in [2.45, 2.75) is 128 Å². The van der Waals surface area contributed by atoms with E-state index < -0.39 is 120 Å². The van der Waals surface area contributed by atoms with Crippen LogP contribution in [0, 0.1) is 17.8 Å². The van der Waals surface area contributed by atoms with Crippen LogP contribution in [-0.2, 0) is 43.2 Å². The second-order valence-electron chi connectivity index (χ2n) is 16.7. The highest BCUT2D eigenvalue weighted by Crippen LogP contribution is 2.12. The van der Waals surface area contributed by atoms with Crippen LogP contribution >= 0.6 is 37.9 Å². The number of carboxylic acid groups (broad SMARTS) is 1. The number of aliphatic imine (C=N–C) groups is 2. The van der Waals surface area contributed by atoms with E-state index >= 15 is 0 Å². The zero-order chi connectivity index (χ0) is 52.3. The number of nitrogens with zero attached hydrogens (tertiary/aromatic N) is 2. The molecule has 0 aromatic heterocycles. The van der Waals surface area contributed by atoms with Gasteiger partial charge in [-0.3, -0.25) is 48.3 Å². The second-order valence-corrected chi connectivity index (χ2v) is 17.8. The fraction of sp³-hybridized carbons (Fsp3) is 0.725. The van der Waals surface area contributed by atoms with Crippen molar-refractivity contribution in [2.24, 2.45) is 56.4 Å². The zero-order valence-corrected chi connectivity index (χ0v) is 42.3. The van der Waals surface area contributed by atoms with Gasteiger partial charge in [-0.25, -0.2) is 4.79 Å². The van der Waals surface area contributed by atoms with Crippen LogP contribution in [0.3, 0.4) is 0 Å². The van der Waals surface area contributed by atoms with Crippen molar-refractivity contribution >= 4 is 103 Å². The highest BCUT2D eigenvalue weighted by atomic mass is 32.1. The van der Waals surface area contributed by atoms with E-state index in [2.05, 4.69) is 90.4 Å². The number of guanidine groups is 2. The number of thiol groups is 3. The Balaban J connectivity index is 5.97. The molecular formula is C40H75N15O10S3. The molecule has 0 saturated heterocycles. The largest absolute Gasteiger partial charge is 0.480 e. The van der Waals surface area contributed by atoms with Gasteiger partial charge in [0.1, 0.15) is 42.3 Å². The molecule has 0 radical (unpaired) electrons. The summed E-state index contributed by atoms with van der Waals surface area (Å²) in [5.41, 5.74) is 27.5. The molecule has 68 heavy (non-hydrogen) atoms. The Labute approximate surface area is 414 Å². The molecule has 25 nitrogen and oxygen atoms in total. The molecule has 28 heteroatoms. The monoisotopic (exact) mass is 1020 g/mol. The Morgan fingerprint density at radius 3 is 1.47 bits per heavy atom. The molecular weight excluding hydrogens is 947 g/mol. The number of hydrogen-bond acceptors (Lipinski definition) is 15. The molecule has 0 spiro atoms. The van der Waals surface area contributed by atoms with Gasteiger partial charge in [-0.2, -0.15) is 37.9 Å². The lowest BCUT2D eigenvalue weighted by molar-refractivity contribution is -0.142. The molecule has 0 aliphatic carbocycles. The van der Waals surface area contributed by atoms with Crippen molar-refractivity contribution < 1.29 is 48.3 Å². The van der Waals surface area contributed by atoms with Crippen molar-refractivity contribution in [1.29, 1.82) is 0 Å². The number of aliphatic carboxylic acids is 1. The summed E-state index contributed by atoms with van der Waals surface area (Å²) in [6.45, 7) is 9.99. The summed E-state index contributed by atoms with van der Waals surface area (Å²) in [5.74, 6) is -9.42. The third kappa shape index (κ3) is 24.7. The smallest absolute Gasteiger partial charge is 0.327 e. The fourth-order valence-corrected chi connectivity index (χ4v) is 6.82. The molecule has 8 amide bonds. The lowest BCUT2D eigenvalue weighted by Crippen LogP contribution is -2.60. The van der Waals surface area contributed by atoms with E-state index in [1.165, 1.54) is 0 Å². The second kappa shape index (κ2) is 33.3. The van der Waals surface area contributed by atoms with E-state index in [9.17, 15) is 48.3 Å². The number of nitrogens with two attached hydrogens (primary N) is 5. The summed E-state index contributed by atoms with van der Waals surface area (Å²) < 4.78 is 0. The summed E-state index contributed by atoms with van der Waals surface area (Å²) in [6, 6.07) is -9.68. The first-order chi connectivity index (χ1) is 31.8. The average Bonchev–Trinajstić information content (AvgIpc) is 3.27. The van der Waals surface area contributed by atoms with E-state index in [0.29, 0.717) is 12.8 Å². The van der Waals surface area contributed by atoms with Gasteiger partial charge in [0.2, 0.25) is 47.3 Å². The standard InChI is InChI=1S/C40H75N15O10S3/c1-7-21(6)30(55-35(61)26(17-67)51-31(57)22(41)10-8-12-46-39(42)43)37(63)52-25(16-66)32(58)48-15-28(56)49-24(14-19(2)3)34(60)50-23(11-9-13-47-40(44)45)33(59)54-29(20(4)5)36(62)53-27(18-68)38(64)65/h19-27,29-30,66-68H,7-18,41H2,1-6H3,(H,48,58)(H,49,56)(H,50,60)(H,51,57)(H,52,63)(H,53,62)(H,54,59)(H,55,61)(H,64,65)(H4,42,43,46)(H4,44,45,47)/t21-,22-,23-,24-,25-,26-,27-,29-,30-/m0/s1. The van der Waals surface area contributed by atoms with Crippen LogP contribution in [0.25, 0.3) is 0 Å². The maximum atomic E-state index is 13.8. The van der Waals surface area contributed by atoms with Gasteiger partial charge < -0.3 is 76.3 Å². The number of carbonyl (C=O) groups is 9. The highest BCUT2D eigenvalue weighted by Gasteiger charge is 2.35. The minimum absolute atomic E-state index is 0.0172. The summed E-state index contributed by atoms with van der Waals surface area (Å²) in [5, 5.41) is 29.6. The highest BCUT2D eigenvalue weighted by molar-refractivity contribution is 7.80.